The molecule has 0 bridgehead atoms. The second-order valence-electron chi connectivity index (χ2n) is 5.38. The van der Waals surface area contributed by atoms with Crippen molar-refractivity contribution >= 4 is 33.2 Å². The third kappa shape index (κ3) is 3.33. The molecule has 18 heavy (non-hydrogen) atoms. The van der Waals surface area contributed by atoms with Crippen LogP contribution in [0.3, 0.4) is 0 Å². The van der Waals surface area contributed by atoms with Crippen molar-refractivity contribution in [2.24, 2.45) is 0 Å². The quantitative estimate of drug-likeness (QED) is 0.891. The minimum Gasteiger partial charge on any atom is -0.354 e. The maximum Gasteiger partial charge on any atom is 0.237 e. The van der Waals surface area contributed by atoms with Crippen LogP contribution in [-0.4, -0.2) is 25.0 Å². The van der Waals surface area contributed by atoms with E-state index in [1.807, 2.05) is 0 Å². The van der Waals surface area contributed by atoms with Gasteiger partial charge >= 0.3 is 0 Å². The van der Waals surface area contributed by atoms with Gasteiger partial charge in [0.15, 0.2) is 0 Å². The minimum atomic E-state index is -0.0229. The lowest BCUT2D eigenvalue weighted by Gasteiger charge is -2.24. The summed E-state index contributed by atoms with van der Waals surface area (Å²) in [5, 5.41) is 8.36. The first-order valence-corrected chi connectivity index (χ1v) is 7.92. The van der Waals surface area contributed by atoms with Gasteiger partial charge in [0.2, 0.25) is 5.91 Å². The van der Waals surface area contributed by atoms with E-state index in [1.54, 1.807) is 11.3 Å². The van der Waals surface area contributed by atoms with E-state index in [1.165, 1.54) is 4.88 Å². The summed E-state index contributed by atoms with van der Waals surface area (Å²) >= 11 is 5.20. The van der Waals surface area contributed by atoms with Gasteiger partial charge in [-0.3, -0.25) is 4.79 Å². The highest BCUT2D eigenvalue weighted by Crippen LogP contribution is 2.31. The molecule has 0 aliphatic carbocycles. The molecule has 1 fully saturated rings. The normalized spacial score (nSPS) is 20.1. The van der Waals surface area contributed by atoms with E-state index >= 15 is 0 Å². The van der Waals surface area contributed by atoms with E-state index in [0.717, 1.165) is 23.9 Å². The average Bonchev–Trinajstić information content (AvgIpc) is 2.96. The summed E-state index contributed by atoms with van der Waals surface area (Å²) in [6, 6.07) is 2.14. The highest BCUT2D eigenvalue weighted by molar-refractivity contribution is 9.10. The minimum absolute atomic E-state index is 0.0101. The first kappa shape index (κ1) is 14.0. The van der Waals surface area contributed by atoms with Gasteiger partial charge in [0.25, 0.3) is 0 Å². The highest BCUT2D eigenvalue weighted by Gasteiger charge is 2.26. The van der Waals surface area contributed by atoms with Crippen molar-refractivity contribution in [3.8, 4) is 0 Å². The predicted molar refractivity (Wildman–Crippen MR) is 79.1 cm³/mol. The zero-order valence-corrected chi connectivity index (χ0v) is 13.2. The van der Waals surface area contributed by atoms with Crippen LogP contribution in [-0.2, 0) is 10.2 Å². The zero-order chi connectivity index (χ0) is 13.2. The van der Waals surface area contributed by atoms with Crippen molar-refractivity contribution in [1.82, 2.24) is 10.6 Å². The molecule has 0 radical (unpaired) electrons. The largest absolute Gasteiger partial charge is 0.354 e. The monoisotopic (exact) mass is 330 g/mol. The number of rotatable bonds is 4. The zero-order valence-electron chi connectivity index (χ0n) is 10.8. The Morgan fingerprint density at radius 3 is 3.00 bits per heavy atom. The number of carbonyl (C=O) groups is 1. The molecule has 100 valence electrons. The molecular formula is C13H19BrN2OS. The fourth-order valence-electron chi connectivity index (χ4n) is 2.09. The predicted octanol–water partition coefficient (Wildman–Crippen LogP) is 2.66. The first-order valence-electron chi connectivity index (χ1n) is 6.25. The van der Waals surface area contributed by atoms with Gasteiger partial charge < -0.3 is 10.6 Å². The first-order chi connectivity index (χ1) is 8.49. The maximum absolute atomic E-state index is 11.9. The Morgan fingerprint density at radius 2 is 2.44 bits per heavy atom. The van der Waals surface area contributed by atoms with Crippen LogP contribution in [0.2, 0.25) is 0 Å². The summed E-state index contributed by atoms with van der Waals surface area (Å²) in [4.78, 5) is 13.2. The van der Waals surface area contributed by atoms with Crippen molar-refractivity contribution in [2.45, 2.75) is 38.1 Å². The number of thiophene rings is 1. The molecule has 2 heterocycles. The van der Waals surface area contributed by atoms with Crippen LogP contribution >= 0.6 is 27.3 Å². The van der Waals surface area contributed by atoms with Crippen LogP contribution in [0, 0.1) is 0 Å². The molecule has 1 saturated heterocycles. The van der Waals surface area contributed by atoms with Gasteiger partial charge in [-0.05, 0) is 41.4 Å². The van der Waals surface area contributed by atoms with E-state index in [-0.39, 0.29) is 17.4 Å². The van der Waals surface area contributed by atoms with Gasteiger partial charge in [0.1, 0.15) is 0 Å². The van der Waals surface area contributed by atoms with E-state index in [9.17, 15) is 4.79 Å². The summed E-state index contributed by atoms with van der Waals surface area (Å²) in [6.07, 6.45) is 2.05. The second-order valence-corrected chi connectivity index (χ2v) is 7.21. The van der Waals surface area contributed by atoms with Crippen LogP contribution < -0.4 is 10.6 Å². The Labute approximate surface area is 120 Å². The molecule has 1 unspecified atom stereocenters. The Balaban J connectivity index is 1.90. The molecule has 2 rings (SSSR count). The van der Waals surface area contributed by atoms with Crippen LogP contribution in [0.1, 0.15) is 31.6 Å². The third-order valence-corrected chi connectivity index (χ3v) is 5.37. The smallest absolute Gasteiger partial charge is 0.237 e. The molecule has 0 aromatic carbocycles. The molecule has 0 spiro atoms. The van der Waals surface area contributed by atoms with Crippen molar-refractivity contribution in [3.05, 3.63) is 20.8 Å². The SMILES string of the molecule is CC(C)(CNC(=O)C1CCCN1)c1cc(Br)cs1. The number of carbonyl (C=O) groups excluding carboxylic acids is 1. The van der Waals surface area contributed by atoms with E-state index in [2.05, 4.69) is 51.9 Å². The summed E-state index contributed by atoms with van der Waals surface area (Å²) < 4.78 is 1.11. The molecule has 2 N–H and O–H groups in total. The van der Waals surface area contributed by atoms with Gasteiger partial charge in [0.05, 0.1) is 6.04 Å². The van der Waals surface area contributed by atoms with Crippen LogP contribution in [0.4, 0.5) is 0 Å². The third-order valence-electron chi connectivity index (χ3n) is 3.32. The molecule has 1 atom stereocenters. The van der Waals surface area contributed by atoms with Crippen molar-refractivity contribution in [1.29, 1.82) is 0 Å². The number of amides is 1. The fraction of sp³-hybridized carbons (Fsp3) is 0.615. The molecule has 5 heteroatoms. The van der Waals surface area contributed by atoms with Crippen molar-refractivity contribution < 1.29 is 4.79 Å². The molecular weight excluding hydrogens is 312 g/mol. The lowest BCUT2D eigenvalue weighted by Crippen LogP contribution is -2.44. The fourth-order valence-corrected chi connectivity index (χ4v) is 3.65. The van der Waals surface area contributed by atoms with Gasteiger partial charge in [0, 0.05) is 26.7 Å². The standard InChI is InChI=1S/C13H19BrN2OS/c1-13(2,11-6-9(14)7-18-11)8-16-12(17)10-4-3-5-15-10/h6-7,10,15H,3-5,8H2,1-2H3,(H,16,17). The molecule has 1 aromatic heterocycles. The maximum atomic E-state index is 11.9. The second kappa shape index (κ2) is 5.72. The Hall–Kier alpha value is -0.390. The molecule has 0 saturated carbocycles. The van der Waals surface area contributed by atoms with Crippen LogP contribution in [0.15, 0.2) is 15.9 Å². The molecule has 3 nitrogen and oxygen atoms in total. The van der Waals surface area contributed by atoms with Crippen molar-refractivity contribution in [3.63, 3.8) is 0 Å². The Morgan fingerprint density at radius 1 is 1.67 bits per heavy atom. The van der Waals surface area contributed by atoms with Gasteiger partial charge in [-0.1, -0.05) is 13.8 Å². The number of nitrogens with one attached hydrogen (secondary N) is 2. The summed E-state index contributed by atoms with van der Waals surface area (Å²) in [5.74, 6) is 0.135. The lowest BCUT2D eigenvalue weighted by molar-refractivity contribution is -0.123. The van der Waals surface area contributed by atoms with Crippen molar-refractivity contribution in [2.75, 3.05) is 13.1 Å². The van der Waals surface area contributed by atoms with Crippen LogP contribution in [0.5, 0.6) is 0 Å². The summed E-state index contributed by atoms with van der Waals surface area (Å²) in [5.41, 5.74) is -0.0229. The van der Waals surface area contributed by atoms with Crippen LogP contribution in [0.25, 0.3) is 0 Å². The van der Waals surface area contributed by atoms with Gasteiger partial charge in [-0.2, -0.15) is 0 Å². The highest BCUT2D eigenvalue weighted by atomic mass is 79.9. The lowest BCUT2D eigenvalue weighted by atomic mass is 9.91. The van der Waals surface area contributed by atoms with Gasteiger partial charge in [-0.15, -0.1) is 11.3 Å². The number of halogens is 1. The Kier molecular flexibility index (Phi) is 4.45. The topological polar surface area (TPSA) is 41.1 Å². The van der Waals surface area contributed by atoms with E-state index in [0.29, 0.717) is 6.54 Å². The Bertz CT molecular complexity index is 424. The molecule has 1 aromatic rings. The van der Waals surface area contributed by atoms with E-state index in [4.69, 9.17) is 0 Å². The van der Waals surface area contributed by atoms with E-state index < -0.39 is 0 Å². The number of hydrogen-bond donors (Lipinski definition) is 2. The molecule has 1 aliphatic rings. The molecule has 1 amide bonds. The summed E-state index contributed by atoms with van der Waals surface area (Å²) in [6.45, 7) is 5.96. The molecule has 1 aliphatic heterocycles. The average molecular weight is 331 g/mol. The number of hydrogen-bond acceptors (Lipinski definition) is 3. The van der Waals surface area contributed by atoms with Gasteiger partial charge in [-0.25, -0.2) is 0 Å². The summed E-state index contributed by atoms with van der Waals surface area (Å²) in [7, 11) is 0.